The summed E-state index contributed by atoms with van der Waals surface area (Å²) in [5.74, 6) is 2.00. The van der Waals surface area contributed by atoms with E-state index >= 15 is 0 Å². The van der Waals surface area contributed by atoms with Crippen molar-refractivity contribution in [3.05, 3.63) is 17.5 Å². The van der Waals surface area contributed by atoms with E-state index in [1.54, 1.807) is 6.07 Å². The molecule has 0 bridgehead atoms. The summed E-state index contributed by atoms with van der Waals surface area (Å²) in [4.78, 5) is 27.0. The minimum Gasteiger partial charge on any atom is -0.360 e. The number of carbonyl (C=O) groups is 2. The highest BCUT2D eigenvalue weighted by molar-refractivity contribution is 5.92. The molecule has 7 heteroatoms. The molecule has 3 aliphatic rings. The van der Waals surface area contributed by atoms with Crippen molar-refractivity contribution in [1.29, 1.82) is 0 Å². The van der Waals surface area contributed by atoms with Crippen molar-refractivity contribution < 1.29 is 14.1 Å². The van der Waals surface area contributed by atoms with Gasteiger partial charge in [-0.2, -0.15) is 0 Å². The third kappa shape index (κ3) is 3.92. The molecule has 3 fully saturated rings. The molecule has 1 aromatic rings. The molecule has 2 amide bonds. The maximum absolute atomic E-state index is 12.6. The minimum absolute atomic E-state index is 0.0273. The standard InChI is InChI=1S/C19H28N4O3/c1-12-10-23(18(24)8-13-4-6-20-7-5-13)11-16(12)21-19(25)15-9-17(26-22-15)14-2-3-14/h9,12-14,16,20H,2-8,10-11H2,1H3,(H,21,25)/t12-,16-/m1/s1. The summed E-state index contributed by atoms with van der Waals surface area (Å²) in [6.07, 6.45) is 5.01. The Bertz CT molecular complexity index is 663. The lowest BCUT2D eigenvalue weighted by Crippen LogP contribution is -2.41. The van der Waals surface area contributed by atoms with Gasteiger partial charge in [-0.3, -0.25) is 9.59 Å². The molecular formula is C19H28N4O3. The van der Waals surface area contributed by atoms with Crippen LogP contribution in [0.15, 0.2) is 10.6 Å². The number of likely N-dealkylation sites (tertiary alicyclic amines) is 1. The van der Waals surface area contributed by atoms with E-state index in [9.17, 15) is 9.59 Å². The molecule has 1 saturated carbocycles. The number of piperidine rings is 1. The van der Waals surface area contributed by atoms with Gasteiger partial charge in [0.2, 0.25) is 5.91 Å². The summed E-state index contributed by atoms with van der Waals surface area (Å²) in [6, 6.07) is 1.73. The number of nitrogens with one attached hydrogen (secondary N) is 2. The SMILES string of the molecule is C[C@@H]1CN(C(=O)CC2CCNCC2)C[C@H]1NC(=O)c1cc(C2CC2)on1. The van der Waals surface area contributed by atoms with Crippen molar-refractivity contribution in [2.24, 2.45) is 11.8 Å². The zero-order valence-corrected chi connectivity index (χ0v) is 15.4. The van der Waals surface area contributed by atoms with Gasteiger partial charge in [-0.15, -0.1) is 0 Å². The Morgan fingerprint density at radius 2 is 2.04 bits per heavy atom. The van der Waals surface area contributed by atoms with Gasteiger partial charge in [-0.1, -0.05) is 12.1 Å². The normalized spacial score (nSPS) is 26.9. The van der Waals surface area contributed by atoms with Gasteiger partial charge in [0.1, 0.15) is 5.76 Å². The third-order valence-electron chi connectivity index (χ3n) is 5.94. The van der Waals surface area contributed by atoms with Crippen LogP contribution < -0.4 is 10.6 Å². The van der Waals surface area contributed by atoms with E-state index in [0.29, 0.717) is 37.0 Å². The van der Waals surface area contributed by atoms with Gasteiger partial charge in [0, 0.05) is 31.5 Å². The number of nitrogens with zero attached hydrogens (tertiary/aromatic N) is 2. The van der Waals surface area contributed by atoms with Crippen molar-refractivity contribution in [1.82, 2.24) is 20.7 Å². The van der Waals surface area contributed by atoms with Crippen LogP contribution >= 0.6 is 0 Å². The van der Waals surface area contributed by atoms with Gasteiger partial charge in [0.25, 0.3) is 5.91 Å². The van der Waals surface area contributed by atoms with Gasteiger partial charge >= 0.3 is 0 Å². The lowest BCUT2D eigenvalue weighted by molar-refractivity contribution is -0.131. The highest BCUT2D eigenvalue weighted by Crippen LogP contribution is 2.40. The molecule has 142 valence electrons. The zero-order chi connectivity index (χ0) is 18.1. The molecule has 2 aliphatic heterocycles. The van der Waals surface area contributed by atoms with Gasteiger partial charge in [-0.25, -0.2) is 0 Å². The first-order chi connectivity index (χ1) is 12.6. The second-order valence-corrected chi connectivity index (χ2v) is 8.14. The third-order valence-corrected chi connectivity index (χ3v) is 5.94. The molecule has 1 aromatic heterocycles. The molecule has 2 saturated heterocycles. The van der Waals surface area contributed by atoms with Crippen LogP contribution in [0.2, 0.25) is 0 Å². The molecule has 2 atom stereocenters. The van der Waals surface area contributed by atoms with E-state index in [0.717, 1.165) is 44.5 Å². The average molecular weight is 360 g/mol. The smallest absolute Gasteiger partial charge is 0.273 e. The molecule has 2 N–H and O–H groups in total. The van der Waals surface area contributed by atoms with Crippen LogP contribution in [0.4, 0.5) is 0 Å². The summed E-state index contributed by atoms with van der Waals surface area (Å²) in [6.45, 7) is 5.40. The predicted molar refractivity (Wildman–Crippen MR) is 95.7 cm³/mol. The summed E-state index contributed by atoms with van der Waals surface area (Å²) in [7, 11) is 0. The Kier molecular flexibility index (Phi) is 4.98. The van der Waals surface area contributed by atoms with Crippen LogP contribution in [0.1, 0.15) is 61.2 Å². The summed E-state index contributed by atoms with van der Waals surface area (Å²) >= 11 is 0. The number of aromatic nitrogens is 1. The molecular weight excluding hydrogens is 332 g/mol. The van der Waals surface area contributed by atoms with E-state index in [1.807, 2.05) is 4.90 Å². The fourth-order valence-electron chi connectivity index (χ4n) is 4.02. The second kappa shape index (κ2) is 7.39. The largest absolute Gasteiger partial charge is 0.360 e. The monoisotopic (exact) mass is 360 g/mol. The van der Waals surface area contributed by atoms with Crippen LogP contribution in [0.5, 0.6) is 0 Å². The maximum atomic E-state index is 12.6. The first kappa shape index (κ1) is 17.5. The lowest BCUT2D eigenvalue weighted by atomic mass is 9.94. The summed E-state index contributed by atoms with van der Waals surface area (Å²) in [5.41, 5.74) is 0.346. The highest BCUT2D eigenvalue weighted by Gasteiger charge is 2.35. The van der Waals surface area contributed by atoms with Crippen LogP contribution in [-0.4, -0.2) is 54.1 Å². The lowest BCUT2D eigenvalue weighted by Gasteiger charge is -2.24. The average Bonchev–Trinajstić information content (AvgIpc) is 3.25. The molecule has 7 nitrogen and oxygen atoms in total. The number of hydrogen-bond acceptors (Lipinski definition) is 5. The van der Waals surface area contributed by atoms with E-state index in [-0.39, 0.29) is 23.8 Å². The zero-order valence-electron chi connectivity index (χ0n) is 15.4. The number of rotatable bonds is 5. The highest BCUT2D eigenvalue weighted by atomic mass is 16.5. The topological polar surface area (TPSA) is 87.5 Å². The molecule has 4 rings (SSSR count). The molecule has 1 aliphatic carbocycles. The minimum atomic E-state index is -0.204. The van der Waals surface area contributed by atoms with Gasteiger partial charge < -0.3 is 20.1 Å². The quantitative estimate of drug-likeness (QED) is 0.831. The van der Waals surface area contributed by atoms with Crippen molar-refractivity contribution in [2.45, 2.75) is 51.0 Å². The van der Waals surface area contributed by atoms with E-state index < -0.39 is 0 Å². The fourth-order valence-corrected chi connectivity index (χ4v) is 4.02. The molecule has 0 aromatic carbocycles. The molecule has 0 unspecified atom stereocenters. The van der Waals surface area contributed by atoms with Crippen molar-refractivity contribution in [3.63, 3.8) is 0 Å². The molecule has 26 heavy (non-hydrogen) atoms. The first-order valence-corrected chi connectivity index (χ1v) is 9.86. The Labute approximate surface area is 153 Å². The summed E-state index contributed by atoms with van der Waals surface area (Å²) < 4.78 is 5.26. The van der Waals surface area contributed by atoms with Gasteiger partial charge in [0.05, 0.1) is 6.04 Å². The van der Waals surface area contributed by atoms with E-state index in [1.165, 1.54) is 0 Å². The predicted octanol–water partition coefficient (Wildman–Crippen LogP) is 1.52. The second-order valence-electron chi connectivity index (χ2n) is 8.14. The number of carbonyl (C=O) groups excluding carboxylic acids is 2. The van der Waals surface area contributed by atoms with Crippen LogP contribution in [0.3, 0.4) is 0 Å². The molecule has 3 heterocycles. The number of amides is 2. The van der Waals surface area contributed by atoms with Crippen LogP contribution in [0, 0.1) is 11.8 Å². The van der Waals surface area contributed by atoms with Crippen LogP contribution in [-0.2, 0) is 4.79 Å². The van der Waals surface area contributed by atoms with E-state index in [4.69, 9.17) is 4.52 Å². The van der Waals surface area contributed by atoms with Crippen LogP contribution in [0.25, 0.3) is 0 Å². The fraction of sp³-hybridized carbons (Fsp3) is 0.737. The van der Waals surface area contributed by atoms with Gasteiger partial charge in [-0.05, 0) is 50.6 Å². The Balaban J connectivity index is 1.29. The van der Waals surface area contributed by atoms with Gasteiger partial charge in [0.15, 0.2) is 5.69 Å². The van der Waals surface area contributed by atoms with Crippen molar-refractivity contribution in [2.75, 3.05) is 26.2 Å². The van der Waals surface area contributed by atoms with Crippen molar-refractivity contribution >= 4 is 11.8 Å². The molecule has 0 radical (unpaired) electrons. The Morgan fingerprint density at radius 1 is 1.27 bits per heavy atom. The summed E-state index contributed by atoms with van der Waals surface area (Å²) in [5, 5.41) is 10.3. The number of hydrogen-bond donors (Lipinski definition) is 2. The first-order valence-electron chi connectivity index (χ1n) is 9.86. The van der Waals surface area contributed by atoms with Crippen molar-refractivity contribution in [3.8, 4) is 0 Å². The maximum Gasteiger partial charge on any atom is 0.273 e. The Hall–Kier alpha value is -1.89. The Morgan fingerprint density at radius 3 is 2.77 bits per heavy atom. The van der Waals surface area contributed by atoms with E-state index in [2.05, 4.69) is 22.7 Å². The molecule has 0 spiro atoms.